The van der Waals surface area contributed by atoms with Crippen molar-refractivity contribution in [2.75, 3.05) is 12.4 Å². The fourth-order valence-corrected chi connectivity index (χ4v) is 3.70. The van der Waals surface area contributed by atoms with Crippen LogP contribution in [0.25, 0.3) is 0 Å². The Hall–Kier alpha value is -0.380. The zero-order valence-corrected chi connectivity index (χ0v) is 9.85. The van der Waals surface area contributed by atoms with Crippen LogP contribution in [-0.4, -0.2) is 21.7 Å². The van der Waals surface area contributed by atoms with Gasteiger partial charge in [0.25, 0.3) is 0 Å². The lowest BCUT2D eigenvalue weighted by Crippen LogP contribution is -2.09. The molecule has 0 spiro atoms. The molecule has 2 rings (SSSR count). The van der Waals surface area contributed by atoms with Crippen LogP contribution in [0, 0.1) is 0 Å². The van der Waals surface area contributed by atoms with Gasteiger partial charge in [-0.05, 0) is 30.0 Å². The normalized spacial score (nSPS) is 21.3. The molecule has 2 atom stereocenters. The predicted octanol–water partition coefficient (Wildman–Crippen LogP) is 2.07. The Bertz CT molecular complexity index is 392. The molecule has 0 radical (unpaired) electrons. The number of benzene rings is 1. The standard InChI is InChI=1S/C11H13ClO2S/c12-10-3-1-2-9-8(10)4-5-11(9)15(14)7-6-13/h1-3,11,13H,4-7H2. The van der Waals surface area contributed by atoms with E-state index in [1.54, 1.807) is 0 Å². The molecule has 1 aromatic rings. The minimum Gasteiger partial charge on any atom is -0.395 e. The van der Waals surface area contributed by atoms with Crippen LogP contribution in [0.4, 0.5) is 0 Å². The number of hydrogen-bond acceptors (Lipinski definition) is 2. The summed E-state index contributed by atoms with van der Waals surface area (Å²) < 4.78 is 11.8. The second-order valence-corrected chi connectivity index (χ2v) is 5.79. The summed E-state index contributed by atoms with van der Waals surface area (Å²) in [7, 11) is -0.974. The van der Waals surface area contributed by atoms with Gasteiger partial charge in [0.1, 0.15) is 0 Å². The topological polar surface area (TPSA) is 37.3 Å². The lowest BCUT2D eigenvalue weighted by molar-refractivity contribution is 0.321. The SMILES string of the molecule is O=S(CCO)C1CCc2c(Cl)cccc21. The van der Waals surface area contributed by atoms with Crippen LogP contribution in [0.15, 0.2) is 18.2 Å². The van der Waals surface area contributed by atoms with E-state index in [4.69, 9.17) is 16.7 Å². The van der Waals surface area contributed by atoms with Gasteiger partial charge in [-0.2, -0.15) is 0 Å². The van der Waals surface area contributed by atoms with Gasteiger partial charge in [0, 0.05) is 21.6 Å². The monoisotopic (exact) mass is 244 g/mol. The maximum Gasteiger partial charge on any atom is 0.0604 e. The summed E-state index contributed by atoms with van der Waals surface area (Å²) in [4.78, 5) is 0. The fourth-order valence-electron chi connectivity index (χ4n) is 2.08. The molecule has 0 saturated carbocycles. The van der Waals surface area contributed by atoms with E-state index in [2.05, 4.69) is 0 Å². The quantitative estimate of drug-likeness (QED) is 0.884. The number of hydrogen-bond donors (Lipinski definition) is 1. The zero-order valence-electron chi connectivity index (χ0n) is 8.28. The molecule has 1 aliphatic carbocycles. The number of aliphatic hydroxyl groups excluding tert-OH is 1. The molecule has 0 saturated heterocycles. The van der Waals surface area contributed by atoms with Gasteiger partial charge in [-0.25, -0.2) is 0 Å². The summed E-state index contributed by atoms with van der Waals surface area (Å²) in [6, 6.07) is 5.77. The van der Waals surface area contributed by atoms with Gasteiger partial charge in [-0.15, -0.1) is 0 Å². The first-order valence-electron chi connectivity index (χ1n) is 4.99. The van der Waals surface area contributed by atoms with Gasteiger partial charge >= 0.3 is 0 Å². The average molecular weight is 245 g/mol. The molecule has 0 bridgehead atoms. The Morgan fingerprint density at radius 1 is 1.53 bits per heavy atom. The highest BCUT2D eigenvalue weighted by atomic mass is 35.5. The van der Waals surface area contributed by atoms with Crippen molar-refractivity contribution in [1.29, 1.82) is 0 Å². The third-order valence-corrected chi connectivity index (χ3v) is 4.83. The first-order valence-corrected chi connectivity index (χ1v) is 6.75. The molecule has 2 unspecified atom stereocenters. The number of rotatable bonds is 3. The smallest absolute Gasteiger partial charge is 0.0604 e. The maximum atomic E-state index is 11.8. The maximum absolute atomic E-state index is 11.8. The molecule has 1 N–H and O–H groups in total. The average Bonchev–Trinajstić information content (AvgIpc) is 2.63. The molecule has 82 valence electrons. The van der Waals surface area contributed by atoms with Gasteiger partial charge in [-0.3, -0.25) is 4.21 Å². The Kier molecular flexibility index (Phi) is 3.44. The molecule has 4 heteroatoms. The van der Waals surface area contributed by atoms with Crippen LogP contribution >= 0.6 is 11.6 Å². The molecular weight excluding hydrogens is 232 g/mol. The largest absolute Gasteiger partial charge is 0.395 e. The fraction of sp³-hybridized carbons (Fsp3) is 0.455. The van der Waals surface area contributed by atoms with Crippen molar-refractivity contribution in [2.24, 2.45) is 0 Å². The molecule has 2 nitrogen and oxygen atoms in total. The molecule has 0 amide bonds. The summed E-state index contributed by atoms with van der Waals surface area (Å²) in [6.45, 7) is -0.0149. The van der Waals surface area contributed by atoms with Crippen molar-refractivity contribution in [2.45, 2.75) is 18.1 Å². The zero-order chi connectivity index (χ0) is 10.8. The second kappa shape index (κ2) is 4.64. The molecule has 1 aliphatic rings. The molecule has 0 heterocycles. The van der Waals surface area contributed by atoms with E-state index in [1.165, 1.54) is 0 Å². The number of halogens is 1. The third-order valence-electron chi connectivity index (χ3n) is 2.77. The minimum atomic E-state index is -0.974. The van der Waals surface area contributed by atoms with E-state index in [1.807, 2.05) is 18.2 Å². The molecule has 0 aliphatic heterocycles. The predicted molar refractivity (Wildman–Crippen MR) is 62.6 cm³/mol. The lowest BCUT2D eigenvalue weighted by atomic mass is 10.1. The highest BCUT2D eigenvalue weighted by Gasteiger charge is 2.28. The van der Waals surface area contributed by atoms with Crippen molar-refractivity contribution >= 4 is 22.4 Å². The first kappa shape index (κ1) is 11.1. The van der Waals surface area contributed by atoms with Crippen molar-refractivity contribution < 1.29 is 9.32 Å². The van der Waals surface area contributed by atoms with Crippen molar-refractivity contribution in [3.05, 3.63) is 34.3 Å². The minimum absolute atomic E-state index is 0.0149. The van der Waals surface area contributed by atoms with Crippen LogP contribution in [0.1, 0.15) is 22.8 Å². The van der Waals surface area contributed by atoms with Gasteiger partial charge in [0.05, 0.1) is 11.9 Å². The molecule has 1 aromatic carbocycles. The van der Waals surface area contributed by atoms with E-state index in [9.17, 15) is 4.21 Å². The Morgan fingerprint density at radius 2 is 2.33 bits per heavy atom. The van der Waals surface area contributed by atoms with Crippen LogP contribution < -0.4 is 0 Å². The first-order chi connectivity index (χ1) is 7.24. The van der Waals surface area contributed by atoms with Crippen molar-refractivity contribution in [1.82, 2.24) is 0 Å². The van der Waals surface area contributed by atoms with E-state index in [0.29, 0.717) is 5.75 Å². The van der Waals surface area contributed by atoms with Crippen LogP contribution in [0.5, 0.6) is 0 Å². The molecule has 15 heavy (non-hydrogen) atoms. The van der Waals surface area contributed by atoms with Crippen LogP contribution in [0.3, 0.4) is 0 Å². The van der Waals surface area contributed by atoms with Gasteiger partial charge in [-0.1, -0.05) is 23.7 Å². The summed E-state index contributed by atoms with van der Waals surface area (Å²) in [5.74, 6) is 0.358. The third kappa shape index (κ3) is 2.10. The Labute approximate surface area is 96.7 Å². The Morgan fingerprint density at radius 3 is 3.07 bits per heavy atom. The van der Waals surface area contributed by atoms with Gasteiger partial charge in [0.2, 0.25) is 0 Å². The summed E-state index contributed by atoms with van der Waals surface area (Å²) in [5.41, 5.74) is 2.24. The molecule has 0 aromatic heterocycles. The molecular formula is C11H13ClO2S. The lowest BCUT2D eigenvalue weighted by Gasteiger charge is -2.10. The highest BCUT2D eigenvalue weighted by molar-refractivity contribution is 7.85. The van der Waals surface area contributed by atoms with Crippen molar-refractivity contribution in [3.8, 4) is 0 Å². The number of aliphatic hydroxyl groups is 1. The summed E-state index contributed by atoms with van der Waals surface area (Å²) >= 11 is 6.07. The van der Waals surface area contributed by atoms with E-state index in [0.717, 1.165) is 29.0 Å². The van der Waals surface area contributed by atoms with Gasteiger partial charge in [0.15, 0.2) is 0 Å². The van der Waals surface area contributed by atoms with E-state index in [-0.39, 0.29) is 11.9 Å². The Balaban J connectivity index is 2.29. The van der Waals surface area contributed by atoms with Crippen molar-refractivity contribution in [3.63, 3.8) is 0 Å². The van der Waals surface area contributed by atoms with E-state index < -0.39 is 10.8 Å². The molecule has 0 fully saturated rings. The van der Waals surface area contributed by atoms with E-state index >= 15 is 0 Å². The summed E-state index contributed by atoms with van der Waals surface area (Å²) in [5, 5.41) is 9.62. The van der Waals surface area contributed by atoms with Crippen LogP contribution in [-0.2, 0) is 17.2 Å². The number of fused-ring (bicyclic) bond motifs is 1. The van der Waals surface area contributed by atoms with Crippen LogP contribution in [0.2, 0.25) is 5.02 Å². The van der Waals surface area contributed by atoms with Gasteiger partial charge < -0.3 is 5.11 Å². The highest BCUT2D eigenvalue weighted by Crippen LogP contribution is 2.38. The second-order valence-electron chi connectivity index (χ2n) is 3.64. The summed E-state index contributed by atoms with van der Waals surface area (Å²) in [6.07, 6.45) is 1.78.